The Balaban J connectivity index is 1.40. The molecule has 1 aliphatic heterocycles. The summed E-state index contributed by atoms with van der Waals surface area (Å²) in [5, 5.41) is 13.2. The number of rotatable bonds is 8. The number of ether oxygens (including phenoxy) is 1. The van der Waals surface area contributed by atoms with Crippen LogP contribution in [-0.4, -0.2) is 43.3 Å². The van der Waals surface area contributed by atoms with Crippen molar-refractivity contribution < 1.29 is 14.6 Å². The number of aliphatic hydroxyl groups excluding tert-OH is 1. The summed E-state index contributed by atoms with van der Waals surface area (Å²) < 4.78 is 10.6. The molecular formula is C41H43Cl2N5O3. The summed E-state index contributed by atoms with van der Waals surface area (Å²) in [6, 6.07) is 14.3. The highest BCUT2D eigenvalue weighted by Crippen LogP contribution is 2.45. The van der Waals surface area contributed by atoms with E-state index < -0.39 is 0 Å². The van der Waals surface area contributed by atoms with E-state index in [1.54, 1.807) is 0 Å². The number of anilines is 1. The Morgan fingerprint density at radius 3 is 2.27 bits per heavy atom. The fraction of sp³-hybridized carbons (Fsp3) is 0.341. The van der Waals surface area contributed by atoms with Crippen molar-refractivity contribution in [2.24, 2.45) is 7.05 Å². The van der Waals surface area contributed by atoms with E-state index in [1.807, 2.05) is 56.9 Å². The van der Waals surface area contributed by atoms with Crippen molar-refractivity contribution in [3.8, 4) is 16.9 Å². The number of hydrogen-bond donors (Lipinski definition) is 1. The number of nitrogens with zero attached hydrogens (tertiary/aromatic N) is 5. The van der Waals surface area contributed by atoms with Crippen LogP contribution in [0.25, 0.3) is 32.9 Å². The predicted octanol–water partition coefficient (Wildman–Crippen LogP) is 9.47. The average molecular weight is 725 g/mol. The van der Waals surface area contributed by atoms with Gasteiger partial charge in [-0.2, -0.15) is 0 Å². The second kappa shape index (κ2) is 13.3. The number of fused-ring (bicyclic) bond motifs is 4. The van der Waals surface area contributed by atoms with Crippen molar-refractivity contribution in [3.05, 3.63) is 103 Å². The lowest BCUT2D eigenvalue weighted by Gasteiger charge is -2.35. The van der Waals surface area contributed by atoms with Gasteiger partial charge in [0.25, 0.3) is 5.91 Å². The minimum Gasteiger partial charge on any atom is -0.494 e. The molecule has 1 amide bonds. The van der Waals surface area contributed by atoms with Gasteiger partial charge in [0.15, 0.2) is 5.82 Å². The lowest BCUT2D eigenvalue weighted by Crippen LogP contribution is -2.43. The molecule has 6 aromatic rings. The van der Waals surface area contributed by atoms with E-state index in [1.165, 1.54) is 0 Å². The molecule has 0 unspecified atom stereocenters. The highest BCUT2D eigenvalue weighted by molar-refractivity contribution is 6.35. The first kappa shape index (κ1) is 35.1. The summed E-state index contributed by atoms with van der Waals surface area (Å²) in [7, 11) is 2.06. The highest BCUT2D eigenvalue weighted by atomic mass is 35.5. The van der Waals surface area contributed by atoms with Gasteiger partial charge in [-0.1, -0.05) is 29.3 Å². The van der Waals surface area contributed by atoms with E-state index in [-0.39, 0.29) is 18.6 Å². The second-order valence-corrected chi connectivity index (χ2v) is 14.8. The quantitative estimate of drug-likeness (QED) is 0.158. The predicted molar refractivity (Wildman–Crippen MR) is 207 cm³/mol. The van der Waals surface area contributed by atoms with Gasteiger partial charge in [0.2, 0.25) is 0 Å². The number of hydrogen-bond acceptors (Lipinski definition) is 5. The number of benzene rings is 3. The van der Waals surface area contributed by atoms with Crippen LogP contribution in [0.3, 0.4) is 0 Å². The minimum atomic E-state index is -0.254. The molecule has 0 fully saturated rings. The minimum absolute atomic E-state index is 0.0442. The zero-order chi connectivity index (χ0) is 36.5. The van der Waals surface area contributed by atoms with E-state index in [0.29, 0.717) is 42.5 Å². The molecule has 10 heteroatoms. The number of halogens is 2. The first-order valence-electron chi connectivity index (χ1n) is 17.4. The first-order valence-corrected chi connectivity index (χ1v) is 18.1. The van der Waals surface area contributed by atoms with Crippen molar-refractivity contribution in [1.82, 2.24) is 19.1 Å². The van der Waals surface area contributed by atoms with Crippen LogP contribution in [0.15, 0.2) is 42.5 Å². The van der Waals surface area contributed by atoms with E-state index in [2.05, 4.69) is 65.1 Å². The van der Waals surface area contributed by atoms with Gasteiger partial charge in [-0.05, 0) is 120 Å². The summed E-state index contributed by atoms with van der Waals surface area (Å²) in [5.41, 5.74) is 11.7. The van der Waals surface area contributed by atoms with Crippen molar-refractivity contribution in [2.45, 2.75) is 74.0 Å². The molecule has 0 saturated heterocycles. The van der Waals surface area contributed by atoms with Crippen LogP contribution < -0.4 is 9.64 Å². The Morgan fingerprint density at radius 1 is 0.922 bits per heavy atom. The third-order valence-electron chi connectivity index (χ3n) is 10.3. The topological polar surface area (TPSA) is 85.4 Å². The van der Waals surface area contributed by atoms with Gasteiger partial charge in [-0.25, -0.2) is 9.97 Å². The molecule has 0 bridgehead atoms. The lowest BCUT2D eigenvalue weighted by molar-refractivity contribution is 0.0957. The number of aliphatic hydroxyl groups is 1. The van der Waals surface area contributed by atoms with E-state index in [4.69, 9.17) is 27.9 Å². The summed E-state index contributed by atoms with van der Waals surface area (Å²) in [5.74, 6) is 1.10. The monoisotopic (exact) mass is 723 g/mol. The van der Waals surface area contributed by atoms with Gasteiger partial charge in [-0.3, -0.25) is 4.79 Å². The lowest BCUT2D eigenvalue weighted by atomic mass is 9.97. The molecule has 1 N–H and O–H groups in total. The highest BCUT2D eigenvalue weighted by Gasteiger charge is 2.37. The molecule has 0 aliphatic carbocycles. The van der Waals surface area contributed by atoms with Crippen molar-refractivity contribution in [1.29, 1.82) is 0 Å². The Labute approximate surface area is 308 Å². The number of aryl methyl sites for hydroxylation is 8. The molecule has 264 valence electrons. The fourth-order valence-corrected chi connectivity index (χ4v) is 8.34. The Hall–Kier alpha value is -4.37. The first-order chi connectivity index (χ1) is 24.3. The van der Waals surface area contributed by atoms with Gasteiger partial charge in [0.1, 0.15) is 18.1 Å². The molecule has 8 nitrogen and oxygen atoms in total. The van der Waals surface area contributed by atoms with Crippen LogP contribution >= 0.6 is 23.2 Å². The number of aromatic nitrogens is 4. The fourth-order valence-electron chi connectivity index (χ4n) is 7.99. The molecule has 4 heterocycles. The van der Waals surface area contributed by atoms with Gasteiger partial charge in [-0.15, -0.1) is 0 Å². The molecule has 3 aromatic heterocycles. The SMILES string of the molecule is Cc1cc(N2C[C@@H](C)n3c(c(CCCOc4cc(C)c(Cl)c(C)c4)c4ccc(Cl)c(-c5c(C)nc(CO)nc5C)c43)C2=O)c2c(c1)cc(C)n2C. The van der Waals surface area contributed by atoms with Gasteiger partial charge >= 0.3 is 0 Å². The second-order valence-electron chi connectivity index (χ2n) is 14.0. The maximum absolute atomic E-state index is 15.1. The molecule has 1 aliphatic rings. The Morgan fingerprint density at radius 2 is 1.61 bits per heavy atom. The van der Waals surface area contributed by atoms with Crippen LogP contribution in [0.5, 0.6) is 5.75 Å². The van der Waals surface area contributed by atoms with Crippen molar-refractivity contribution >= 4 is 56.6 Å². The molecule has 51 heavy (non-hydrogen) atoms. The van der Waals surface area contributed by atoms with E-state index in [9.17, 15) is 5.11 Å². The molecule has 3 aromatic carbocycles. The number of carbonyl (C=O) groups excluding carboxylic acids is 1. The van der Waals surface area contributed by atoms with Crippen LogP contribution in [0.1, 0.15) is 75.0 Å². The standard InChI is InChI=1S/C41H43Cl2N5O3/c1-21-14-28-18-24(4)46(8)38(28)33(15-21)47-19-25(5)48-39-31(11-12-32(42)36(39)35-26(6)44-34(20-49)45-27(35)7)30(40(48)41(47)50)10-9-13-51-29-16-22(2)37(43)23(3)17-29/h11-12,14-18,25,49H,9-10,13,19-20H2,1-8H3/t25-/m1/s1. The maximum Gasteiger partial charge on any atom is 0.275 e. The zero-order valence-corrected chi connectivity index (χ0v) is 31.9. The Kier molecular flexibility index (Phi) is 9.15. The zero-order valence-electron chi connectivity index (χ0n) is 30.4. The normalized spacial score (nSPS) is 14.6. The van der Waals surface area contributed by atoms with E-state index in [0.717, 1.165) is 88.7 Å². The molecule has 7 rings (SSSR count). The summed E-state index contributed by atoms with van der Waals surface area (Å²) in [4.78, 5) is 26.3. The molecule has 0 spiro atoms. The molecule has 0 saturated carbocycles. The van der Waals surface area contributed by atoms with Crippen LogP contribution in [0.4, 0.5) is 5.69 Å². The van der Waals surface area contributed by atoms with Crippen LogP contribution in [0.2, 0.25) is 10.0 Å². The van der Waals surface area contributed by atoms with Gasteiger partial charge in [0, 0.05) is 63.6 Å². The third-order valence-corrected chi connectivity index (χ3v) is 11.2. The summed E-state index contributed by atoms with van der Waals surface area (Å²) in [6.07, 6.45) is 1.30. The largest absolute Gasteiger partial charge is 0.494 e. The molecule has 0 radical (unpaired) electrons. The molecule has 1 atom stereocenters. The Bertz CT molecular complexity index is 2350. The third kappa shape index (κ3) is 5.87. The van der Waals surface area contributed by atoms with Crippen molar-refractivity contribution in [2.75, 3.05) is 18.1 Å². The molecular weight excluding hydrogens is 681 g/mol. The average Bonchev–Trinajstić information content (AvgIpc) is 3.56. The number of carbonyl (C=O) groups is 1. The smallest absolute Gasteiger partial charge is 0.275 e. The number of amides is 1. The summed E-state index contributed by atoms with van der Waals surface area (Å²) in [6.45, 7) is 14.8. The van der Waals surface area contributed by atoms with E-state index >= 15 is 4.79 Å². The maximum atomic E-state index is 15.1. The van der Waals surface area contributed by atoms with Gasteiger partial charge in [0.05, 0.1) is 28.4 Å². The van der Waals surface area contributed by atoms with Crippen LogP contribution in [0, 0.1) is 41.5 Å². The van der Waals surface area contributed by atoms with Gasteiger partial charge < -0.3 is 23.9 Å². The van der Waals surface area contributed by atoms with Crippen molar-refractivity contribution in [3.63, 3.8) is 0 Å². The summed E-state index contributed by atoms with van der Waals surface area (Å²) >= 11 is 13.5. The van der Waals surface area contributed by atoms with Crippen LogP contribution in [-0.2, 0) is 20.1 Å².